The second-order valence-corrected chi connectivity index (χ2v) is 2.95. The molecule has 0 atom stereocenters. The Morgan fingerprint density at radius 3 is 2.31 bits per heavy atom. The minimum Gasteiger partial charge on any atom is -0.346 e. The second kappa shape index (κ2) is 3.40. The number of methoxy groups -OCH3 is 2. The van der Waals surface area contributed by atoms with E-state index in [0.717, 1.165) is 0 Å². The predicted octanol–water partition coefficient (Wildman–Crippen LogP) is 0.464. The van der Waals surface area contributed by atoms with Crippen LogP contribution in [0.25, 0.3) is 0 Å². The Bertz CT molecular complexity index is 273. The molecule has 0 aromatic heterocycles. The number of carbonyl (C=O) groups is 2. The summed E-state index contributed by atoms with van der Waals surface area (Å²) in [4.78, 5) is 22.7. The molecule has 1 rings (SSSR count). The van der Waals surface area contributed by atoms with Gasteiger partial charge in [0.15, 0.2) is 5.78 Å². The number of ketones is 2. The summed E-state index contributed by atoms with van der Waals surface area (Å²) < 4.78 is 9.84. The van der Waals surface area contributed by atoms with Crippen LogP contribution in [0.5, 0.6) is 0 Å². The van der Waals surface area contributed by atoms with E-state index in [-0.39, 0.29) is 18.0 Å². The van der Waals surface area contributed by atoms with Crippen molar-refractivity contribution in [2.24, 2.45) is 0 Å². The van der Waals surface area contributed by atoms with E-state index >= 15 is 0 Å². The number of Topliss-reactive ketones (excluding diaryl/α,β-unsaturated/α-hetero) is 1. The Balaban J connectivity index is 3.05. The maximum absolute atomic E-state index is 11.5. The van der Waals surface area contributed by atoms with Gasteiger partial charge in [-0.3, -0.25) is 9.59 Å². The molecule has 0 saturated carbocycles. The molecule has 0 amide bonds. The first kappa shape index (κ1) is 10.1. The molecular formula is C9H12O4. The van der Waals surface area contributed by atoms with E-state index in [2.05, 4.69) is 0 Å². The highest BCUT2D eigenvalue weighted by Gasteiger charge is 2.43. The summed E-state index contributed by atoms with van der Waals surface area (Å²) in [7, 11) is 2.70. The molecule has 0 aromatic rings. The van der Waals surface area contributed by atoms with E-state index in [4.69, 9.17) is 9.47 Å². The van der Waals surface area contributed by atoms with Gasteiger partial charge in [0.05, 0.1) is 6.42 Å². The molecule has 1 aliphatic rings. The highest BCUT2D eigenvalue weighted by molar-refractivity contribution is 6.11. The number of rotatable bonds is 2. The summed E-state index contributed by atoms with van der Waals surface area (Å²) in [5.41, 5.74) is 0.453. The van der Waals surface area contributed by atoms with E-state index in [1.54, 1.807) is 6.92 Å². The van der Waals surface area contributed by atoms with Crippen LogP contribution in [0.15, 0.2) is 11.6 Å². The van der Waals surface area contributed by atoms with E-state index in [0.29, 0.717) is 5.57 Å². The lowest BCUT2D eigenvalue weighted by Crippen LogP contribution is -2.46. The molecule has 0 spiro atoms. The van der Waals surface area contributed by atoms with Gasteiger partial charge in [-0.05, 0) is 18.6 Å². The van der Waals surface area contributed by atoms with E-state index in [9.17, 15) is 9.59 Å². The maximum Gasteiger partial charge on any atom is 0.240 e. The number of hydrogen-bond donors (Lipinski definition) is 0. The second-order valence-electron chi connectivity index (χ2n) is 2.95. The Kier molecular flexibility index (Phi) is 2.63. The van der Waals surface area contributed by atoms with Gasteiger partial charge < -0.3 is 9.47 Å². The zero-order chi connectivity index (χ0) is 10.1. The Labute approximate surface area is 76.5 Å². The summed E-state index contributed by atoms with van der Waals surface area (Å²) in [5, 5.41) is 0. The smallest absolute Gasteiger partial charge is 0.240 e. The van der Waals surface area contributed by atoms with Gasteiger partial charge in [-0.25, -0.2) is 0 Å². The average molecular weight is 184 g/mol. The summed E-state index contributed by atoms with van der Waals surface area (Å²) in [6.45, 7) is 1.61. The van der Waals surface area contributed by atoms with Crippen molar-refractivity contribution < 1.29 is 19.1 Å². The number of ether oxygens (including phenoxy) is 2. The molecular weight excluding hydrogens is 172 g/mol. The fraction of sp³-hybridized carbons (Fsp3) is 0.556. The maximum atomic E-state index is 11.5. The summed E-state index contributed by atoms with van der Waals surface area (Å²) in [6.07, 6.45) is 1.22. The SMILES string of the molecule is COC1(OC)CC(=O)C(C)=CC1=O. The van der Waals surface area contributed by atoms with Crippen LogP contribution >= 0.6 is 0 Å². The molecule has 72 valence electrons. The number of allylic oxidation sites excluding steroid dienone is 1. The fourth-order valence-corrected chi connectivity index (χ4v) is 1.25. The minimum atomic E-state index is -1.39. The molecule has 1 aliphatic carbocycles. The summed E-state index contributed by atoms with van der Waals surface area (Å²) in [5.74, 6) is -1.82. The Hall–Kier alpha value is -1.00. The zero-order valence-electron chi connectivity index (χ0n) is 7.92. The Morgan fingerprint density at radius 2 is 1.85 bits per heavy atom. The van der Waals surface area contributed by atoms with Crippen molar-refractivity contribution in [1.29, 1.82) is 0 Å². The quantitative estimate of drug-likeness (QED) is 0.585. The number of carbonyl (C=O) groups excluding carboxylic acids is 2. The molecule has 0 N–H and O–H groups in total. The molecule has 0 saturated heterocycles. The molecule has 0 aliphatic heterocycles. The molecule has 0 radical (unpaired) electrons. The molecule has 0 bridgehead atoms. The van der Waals surface area contributed by atoms with Crippen molar-refractivity contribution in [2.75, 3.05) is 14.2 Å². The predicted molar refractivity (Wildman–Crippen MR) is 45.1 cm³/mol. The highest BCUT2D eigenvalue weighted by atomic mass is 16.7. The first-order valence-corrected chi connectivity index (χ1v) is 3.92. The molecule has 0 fully saturated rings. The van der Waals surface area contributed by atoms with Crippen molar-refractivity contribution in [1.82, 2.24) is 0 Å². The van der Waals surface area contributed by atoms with Gasteiger partial charge in [-0.1, -0.05) is 0 Å². The van der Waals surface area contributed by atoms with Crippen LogP contribution in [0.1, 0.15) is 13.3 Å². The summed E-state index contributed by atoms with van der Waals surface area (Å²) >= 11 is 0. The summed E-state index contributed by atoms with van der Waals surface area (Å²) in [6, 6.07) is 0. The van der Waals surface area contributed by atoms with Crippen LogP contribution in [0, 0.1) is 0 Å². The first-order valence-electron chi connectivity index (χ1n) is 3.92. The van der Waals surface area contributed by atoms with E-state index in [1.165, 1.54) is 20.3 Å². The van der Waals surface area contributed by atoms with Crippen LogP contribution in [0.4, 0.5) is 0 Å². The highest BCUT2D eigenvalue weighted by Crippen LogP contribution is 2.25. The number of hydrogen-bond acceptors (Lipinski definition) is 4. The average Bonchev–Trinajstić information content (AvgIpc) is 2.12. The van der Waals surface area contributed by atoms with Crippen LogP contribution in [-0.4, -0.2) is 31.6 Å². The molecule has 0 unspecified atom stereocenters. The van der Waals surface area contributed by atoms with Crippen LogP contribution in [-0.2, 0) is 19.1 Å². The monoisotopic (exact) mass is 184 g/mol. The largest absolute Gasteiger partial charge is 0.346 e. The third-order valence-electron chi connectivity index (χ3n) is 2.22. The van der Waals surface area contributed by atoms with Crippen molar-refractivity contribution >= 4 is 11.6 Å². The zero-order valence-corrected chi connectivity index (χ0v) is 7.92. The third kappa shape index (κ3) is 1.55. The van der Waals surface area contributed by atoms with Gasteiger partial charge >= 0.3 is 0 Å². The molecule has 13 heavy (non-hydrogen) atoms. The van der Waals surface area contributed by atoms with Gasteiger partial charge in [0.2, 0.25) is 11.6 Å². The van der Waals surface area contributed by atoms with Crippen molar-refractivity contribution in [3.8, 4) is 0 Å². The van der Waals surface area contributed by atoms with Crippen LogP contribution < -0.4 is 0 Å². The van der Waals surface area contributed by atoms with Crippen LogP contribution in [0.2, 0.25) is 0 Å². The lowest BCUT2D eigenvalue weighted by molar-refractivity contribution is -0.206. The van der Waals surface area contributed by atoms with Crippen LogP contribution in [0.3, 0.4) is 0 Å². The molecule has 0 aromatic carbocycles. The fourth-order valence-electron chi connectivity index (χ4n) is 1.25. The topological polar surface area (TPSA) is 52.6 Å². The molecule has 4 nitrogen and oxygen atoms in total. The third-order valence-corrected chi connectivity index (χ3v) is 2.22. The van der Waals surface area contributed by atoms with Crippen molar-refractivity contribution in [3.05, 3.63) is 11.6 Å². The normalized spacial score (nSPS) is 21.6. The van der Waals surface area contributed by atoms with Gasteiger partial charge in [0.1, 0.15) is 0 Å². The standard InChI is InChI=1S/C9H12O4/c1-6-4-8(11)9(12-2,13-3)5-7(6)10/h4H,5H2,1-3H3. The minimum absolute atomic E-state index is 0.0405. The van der Waals surface area contributed by atoms with Gasteiger partial charge in [0, 0.05) is 14.2 Å². The van der Waals surface area contributed by atoms with Gasteiger partial charge in [-0.2, -0.15) is 0 Å². The van der Waals surface area contributed by atoms with Crippen molar-refractivity contribution in [3.63, 3.8) is 0 Å². The molecule has 4 heteroatoms. The lowest BCUT2D eigenvalue weighted by atomic mass is 9.92. The van der Waals surface area contributed by atoms with Crippen molar-refractivity contribution in [2.45, 2.75) is 19.1 Å². The lowest BCUT2D eigenvalue weighted by Gasteiger charge is -2.30. The van der Waals surface area contributed by atoms with E-state index in [1.807, 2.05) is 0 Å². The van der Waals surface area contributed by atoms with Gasteiger partial charge in [-0.15, -0.1) is 0 Å². The van der Waals surface area contributed by atoms with E-state index < -0.39 is 5.79 Å². The Morgan fingerprint density at radius 1 is 1.31 bits per heavy atom. The van der Waals surface area contributed by atoms with Gasteiger partial charge in [0.25, 0.3) is 0 Å². The first-order chi connectivity index (χ1) is 6.05. The molecule has 0 heterocycles.